The molecule has 2 fully saturated rings. The Labute approximate surface area is 305 Å². The second kappa shape index (κ2) is 19.2. The molecule has 8 heteroatoms. The molecule has 2 aliphatic heterocycles. The summed E-state index contributed by atoms with van der Waals surface area (Å²) < 4.78 is 12.2. The predicted molar refractivity (Wildman–Crippen MR) is 202 cm³/mol. The lowest BCUT2D eigenvalue weighted by molar-refractivity contribution is -0.292. The number of piperidine rings is 2. The second-order valence-electron chi connectivity index (χ2n) is 17.5. The fraction of sp³-hybridized carbons (Fsp3) is 0.810. The van der Waals surface area contributed by atoms with Crippen molar-refractivity contribution in [2.24, 2.45) is 0 Å². The van der Waals surface area contributed by atoms with Crippen LogP contribution in [-0.2, 0) is 19.1 Å². The third-order valence-corrected chi connectivity index (χ3v) is 10.4. The summed E-state index contributed by atoms with van der Waals surface area (Å²) in [6.45, 7) is 23.1. The highest BCUT2D eigenvalue weighted by Crippen LogP contribution is 2.41. The van der Waals surface area contributed by atoms with Gasteiger partial charge < -0.3 is 9.47 Å². The summed E-state index contributed by atoms with van der Waals surface area (Å²) >= 11 is 0. The van der Waals surface area contributed by atoms with Crippen LogP contribution >= 0.6 is 0 Å². The highest BCUT2D eigenvalue weighted by Gasteiger charge is 2.49. The van der Waals surface area contributed by atoms with E-state index in [2.05, 4.69) is 79.4 Å². The summed E-state index contributed by atoms with van der Waals surface area (Å²) in [4.78, 5) is 39.6. The maximum atomic E-state index is 13.4. The molecule has 50 heavy (non-hydrogen) atoms. The minimum absolute atomic E-state index is 0.269. The summed E-state index contributed by atoms with van der Waals surface area (Å²) in [6, 6.07) is 6.75. The molecule has 2 saturated heterocycles. The van der Waals surface area contributed by atoms with Gasteiger partial charge in [-0.1, -0.05) is 84.1 Å². The van der Waals surface area contributed by atoms with E-state index in [-0.39, 0.29) is 34.4 Å². The standard InChI is InChI=1S/C42H72N2O6/c1-11-13-15-17-19-21-26-47-43-39(3,4)29-35(30-40(43,5)6)49-37(45)33-24-23-25-34(28-33)38(46)50-36-31-41(7,8)44(42(9,10)32-36)48-27-22-20-18-16-14-12-2/h23-25,28,35-36H,11-22,26-27,29-32H2,1-10H3. The first-order valence-corrected chi connectivity index (χ1v) is 19.9. The maximum absolute atomic E-state index is 13.4. The van der Waals surface area contributed by atoms with Gasteiger partial charge in [-0.15, -0.1) is 0 Å². The molecule has 0 spiro atoms. The largest absolute Gasteiger partial charge is 0.459 e. The summed E-state index contributed by atoms with van der Waals surface area (Å²) in [6.07, 6.45) is 16.8. The van der Waals surface area contributed by atoms with Gasteiger partial charge in [0, 0.05) is 47.8 Å². The second-order valence-corrected chi connectivity index (χ2v) is 17.5. The van der Waals surface area contributed by atoms with Crippen LogP contribution in [0.15, 0.2) is 24.3 Å². The van der Waals surface area contributed by atoms with Gasteiger partial charge in [-0.2, -0.15) is 10.1 Å². The van der Waals surface area contributed by atoms with Crippen molar-refractivity contribution in [3.8, 4) is 0 Å². The first kappa shape index (κ1) is 42.4. The van der Waals surface area contributed by atoms with Gasteiger partial charge in [0.05, 0.1) is 24.3 Å². The van der Waals surface area contributed by atoms with E-state index in [4.69, 9.17) is 19.1 Å². The van der Waals surface area contributed by atoms with Crippen LogP contribution in [0, 0.1) is 0 Å². The number of unbranched alkanes of at least 4 members (excludes halogenated alkanes) is 10. The maximum Gasteiger partial charge on any atom is 0.338 e. The quantitative estimate of drug-likeness (QED) is 0.0983. The van der Waals surface area contributed by atoms with Crippen molar-refractivity contribution in [1.29, 1.82) is 0 Å². The zero-order chi connectivity index (χ0) is 37.0. The number of rotatable bonds is 20. The molecule has 8 nitrogen and oxygen atoms in total. The van der Waals surface area contributed by atoms with Crippen LogP contribution in [0.3, 0.4) is 0 Å². The van der Waals surface area contributed by atoms with Crippen LogP contribution < -0.4 is 0 Å². The number of carbonyl (C=O) groups excluding carboxylic acids is 2. The van der Waals surface area contributed by atoms with E-state index in [0.29, 0.717) is 50.0 Å². The number of ether oxygens (including phenoxy) is 2. The monoisotopic (exact) mass is 701 g/mol. The molecule has 0 bridgehead atoms. The van der Waals surface area contributed by atoms with Crippen molar-refractivity contribution in [3.63, 3.8) is 0 Å². The van der Waals surface area contributed by atoms with Crippen LogP contribution in [0.2, 0.25) is 0 Å². The Morgan fingerprint density at radius 3 is 1.22 bits per heavy atom. The lowest BCUT2D eigenvalue weighted by atomic mass is 9.80. The molecule has 1 aromatic rings. The number of nitrogens with zero attached hydrogens (tertiary/aromatic N) is 2. The van der Waals surface area contributed by atoms with Crippen molar-refractivity contribution in [2.75, 3.05) is 13.2 Å². The molecule has 0 amide bonds. The van der Waals surface area contributed by atoms with E-state index in [1.54, 1.807) is 24.3 Å². The Kier molecular flexibility index (Phi) is 16.3. The topological polar surface area (TPSA) is 77.5 Å². The minimum atomic E-state index is -0.421. The van der Waals surface area contributed by atoms with Crippen LogP contribution in [0.25, 0.3) is 0 Å². The summed E-state index contributed by atoms with van der Waals surface area (Å²) in [7, 11) is 0. The summed E-state index contributed by atoms with van der Waals surface area (Å²) in [5.41, 5.74) is -0.521. The average Bonchev–Trinajstić information content (AvgIpc) is 3.01. The zero-order valence-electron chi connectivity index (χ0n) is 33.5. The van der Waals surface area contributed by atoms with Gasteiger partial charge in [0.2, 0.25) is 0 Å². The fourth-order valence-electron chi connectivity index (χ4n) is 8.50. The van der Waals surface area contributed by atoms with Crippen LogP contribution in [-0.4, -0.2) is 69.6 Å². The number of hydroxylamine groups is 4. The van der Waals surface area contributed by atoms with E-state index < -0.39 is 11.9 Å². The SMILES string of the molecule is CCCCCCCCON1C(C)(C)CC(OC(=O)c2cccc(C(=O)OC3CC(C)(C)N(OCCCCCCCC)C(C)(C)C3)c2)CC1(C)C. The van der Waals surface area contributed by atoms with Crippen LogP contribution in [0.4, 0.5) is 0 Å². The molecular weight excluding hydrogens is 628 g/mol. The summed E-state index contributed by atoms with van der Waals surface area (Å²) in [5.74, 6) is -0.841. The Hall–Kier alpha value is -2.00. The smallest absolute Gasteiger partial charge is 0.338 e. The van der Waals surface area contributed by atoms with E-state index in [1.165, 1.54) is 64.2 Å². The first-order chi connectivity index (χ1) is 23.5. The Morgan fingerprint density at radius 2 is 0.880 bits per heavy atom. The fourth-order valence-corrected chi connectivity index (χ4v) is 8.50. The predicted octanol–water partition coefficient (Wildman–Crippen LogP) is 10.6. The minimum Gasteiger partial charge on any atom is -0.459 e. The molecule has 3 rings (SSSR count). The molecule has 0 aliphatic carbocycles. The molecule has 0 saturated carbocycles. The van der Waals surface area contributed by atoms with Crippen molar-refractivity contribution >= 4 is 11.9 Å². The molecule has 2 aliphatic rings. The highest BCUT2D eigenvalue weighted by atomic mass is 16.7. The van der Waals surface area contributed by atoms with Gasteiger partial charge in [0.1, 0.15) is 12.2 Å². The van der Waals surface area contributed by atoms with Gasteiger partial charge in [0.15, 0.2) is 0 Å². The first-order valence-electron chi connectivity index (χ1n) is 19.9. The van der Waals surface area contributed by atoms with Gasteiger partial charge >= 0.3 is 11.9 Å². The molecule has 0 aromatic heterocycles. The van der Waals surface area contributed by atoms with Gasteiger partial charge in [0.25, 0.3) is 0 Å². The molecular formula is C42H72N2O6. The van der Waals surface area contributed by atoms with Crippen molar-refractivity contribution < 1.29 is 28.7 Å². The van der Waals surface area contributed by atoms with Crippen LogP contribution in [0.5, 0.6) is 0 Å². The Bertz CT molecular complexity index is 1070. The third kappa shape index (κ3) is 12.6. The molecule has 0 radical (unpaired) electrons. The van der Waals surface area contributed by atoms with Crippen molar-refractivity contribution in [2.45, 2.75) is 206 Å². The van der Waals surface area contributed by atoms with E-state index in [0.717, 1.165) is 12.8 Å². The lowest BCUT2D eigenvalue weighted by Crippen LogP contribution is -2.62. The third-order valence-electron chi connectivity index (χ3n) is 10.4. The number of esters is 2. The van der Waals surface area contributed by atoms with Gasteiger partial charge in [-0.3, -0.25) is 9.68 Å². The molecule has 286 valence electrons. The lowest BCUT2D eigenvalue weighted by Gasteiger charge is -2.53. The number of hydrogen-bond donors (Lipinski definition) is 0. The highest BCUT2D eigenvalue weighted by molar-refractivity contribution is 5.95. The molecule has 0 N–H and O–H groups in total. The molecule has 0 atom stereocenters. The molecule has 0 unspecified atom stereocenters. The number of carbonyl (C=O) groups is 2. The average molecular weight is 701 g/mol. The summed E-state index contributed by atoms with van der Waals surface area (Å²) in [5, 5.41) is 4.25. The Morgan fingerprint density at radius 1 is 0.560 bits per heavy atom. The van der Waals surface area contributed by atoms with E-state index in [1.807, 2.05) is 0 Å². The zero-order valence-corrected chi connectivity index (χ0v) is 33.5. The Balaban J connectivity index is 1.54. The molecule has 1 aromatic carbocycles. The van der Waals surface area contributed by atoms with Crippen LogP contribution in [0.1, 0.15) is 193 Å². The van der Waals surface area contributed by atoms with E-state index >= 15 is 0 Å². The number of hydrogen-bond acceptors (Lipinski definition) is 8. The van der Waals surface area contributed by atoms with Gasteiger partial charge in [-0.25, -0.2) is 9.59 Å². The van der Waals surface area contributed by atoms with E-state index in [9.17, 15) is 9.59 Å². The normalized spacial score (nSPS) is 20.8. The van der Waals surface area contributed by atoms with Gasteiger partial charge in [-0.05, 0) is 86.4 Å². The van der Waals surface area contributed by atoms with Crippen molar-refractivity contribution in [1.82, 2.24) is 10.1 Å². The number of benzene rings is 1. The molecule has 2 heterocycles. The van der Waals surface area contributed by atoms with Crippen molar-refractivity contribution in [3.05, 3.63) is 35.4 Å².